The molecule has 4 aromatic rings. The van der Waals surface area contributed by atoms with Gasteiger partial charge >= 0.3 is 5.69 Å². The molecule has 9 heteroatoms. The van der Waals surface area contributed by atoms with Crippen molar-refractivity contribution in [3.05, 3.63) is 117 Å². The first-order chi connectivity index (χ1) is 21.3. The zero-order chi connectivity index (χ0) is 30.6. The van der Waals surface area contributed by atoms with E-state index in [1.165, 1.54) is 4.57 Å². The first kappa shape index (κ1) is 29.2. The second-order valence-electron chi connectivity index (χ2n) is 11.4. The van der Waals surface area contributed by atoms with E-state index < -0.39 is 5.69 Å². The summed E-state index contributed by atoms with van der Waals surface area (Å²) in [5.41, 5.74) is 4.97. The smallest absolute Gasteiger partial charge is 0.348 e. The summed E-state index contributed by atoms with van der Waals surface area (Å²) in [6.07, 6.45) is 2.38. The highest BCUT2D eigenvalue weighted by Gasteiger charge is 2.33. The number of benzene rings is 3. The van der Waals surface area contributed by atoms with Crippen LogP contribution in [0.25, 0.3) is 0 Å². The van der Waals surface area contributed by atoms with Crippen LogP contribution in [0, 0.1) is 13.8 Å². The van der Waals surface area contributed by atoms with Crippen molar-refractivity contribution < 1.29 is 19.1 Å². The molecule has 9 rings (SSSR count). The van der Waals surface area contributed by atoms with Crippen LogP contribution in [0.15, 0.2) is 77.6 Å². The summed E-state index contributed by atoms with van der Waals surface area (Å²) in [5, 5.41) is 2.97. The largest absolute Gasteiger partial charge is 0.494 e. The number of carbonyl (C=O) groups is 2. The second-order valence-corrected chi connectivity index (χ2v) is 11.4. The van der Waals surface area contributed by atoms with E-state index >= 15 is 0 Å². The molecule has 0 radical (unpaired) electrons. The van der Waals surface area contributed by atoms with E-state index in [9.17, 15) is 14.4 Å². The van der Waals surface area contributed by atoms with E-state index in [0.29, 0.717) is 74.0 Å². The first-order valence-electron chi connectivity index (χ1n) is 15.1. The fraction of sp³-hybridized carbons (Fsp3) is 0.314. The van der Waals surface area contributed by atoms with Gasteiger partial charge in [0, 0.05) is 30.9 Å². The first-order valence-corrected chi connectivity index (χ1v) is 15.1. The molecular weight excluding hydrogens is 556 g/mol. The number of nitrogens with one attached hydrogen (secondary N) is 1. The van der Waals surface area contributed by atoms with Crippen LogP contribution in [0.4, 0.5) is 0 Å². The maximum atomic E-state index is 13.9. The van der Waals surface area contributed by atoms with Crippen molar-refractivity contribution in [2.45, 2.75) is 52.1 Å². The molecule has 5 aliphatic heterocycles. The fourth-order valence-electron chi connectivity index (χ4n) is 5.96. The van der Waals surface area contributed by atoms with Gasteiger partial charge in [-0.05, 0) is 97.8 Å². The lowest BCUT2D eigenvalue weighted by Gasteiger charge is -2.38. The average Bonchev–Trinajstić information content (AvgIpc) is 3.01. The maximum Gasteiger partial charge on any atom is 0.348 e. The van der Waals surface area contributed by atoms with Crippen molar-refractivity contribution in [2.75, 3.05) is 19.7 Å². The molecule has 2 amide bonds. The minimum absolute atomic E-state index is 0.00969. The highest BCUT2D eigenvalue weighted by Crippen LogP contribution is 2.39. The van der Waals surface area contributed by atoms with Gasteiger partial charge in [0.15, 0.2) is 0 Å². The Morgan fingerprint density at radius 2 is 1.75 bits per heavy atom. The van der Waals surface area contributed by atoms with Crippen LogP contribution >= 0.6 is 0 Å². The number of hydrogen-bond acceptors (Lipinski definition) is 6. The molecule has 1 N–H and O–H groups in total. The van der Waals surface area contributed by atoms with Crippen LogP contribution in [0.5, 0.6) is 17.2 Å². The molecule has 3 aromatic carbocycles. The Morgan fingerprint density at radius 1 is 0.932 bits per heavy atom. The molecule has 8 bridgehead atoms. The van der Waals surface area contributed by atoms with Crippen LogP contribution in [0.3, 0.4) is 0 Å². The molecule has 0 saturated carbocycles. The number of aryl methyl sites for hydroxylation is 3. The van der Waals surface area contributed by atoms with Crippen molar-refractivity contribution in [3.8, 4) is 17.2 Å². The second kappa shape index (κ2) is 12.8. The topological polar surface area (TPSA) is 103 Å². The molecular formula is C35H36N4O5. The minimum atomic E-state index is -0.429. The van der Waals surface area contributed by atoms with E-state index in [2.05, 4.69) is 10.3 Å². The van der Waals surface area contributed by atoms with E-state index in [1.807, 2.05) is 84.6 Å². The van der Waals surface area contributed by atoms with Crippen LogP contribution in [-0.4, -0.2) is 46.0 Å². The summed E-state index contributed by atoms with van der Waals surface area (Å²) >= 11 is 0. The predicted molar refractivity (Wildman–Crippen MR) is 166 cm³/mol. The van der Waals surface area contributed by atoms with E-state index in [1.54, 1.807) is 6.92 Å². The summed E-state index contributed by atoms with van der Waals surface area (Å²) in [7, 11) is 0. The third kappa shape index (κ3) is 6.51. The molecule has 1 unspecified atom stereocenters. The van der Waals surface area contributed by atoms with Gasteiger partial charge in [-0.2, -0.15) is 4.98 Å². The number of rotatable bonds is 2. The Morgan fingerprint density at radius 3 is 2.57 bits per heavy atom. The Bertz CT molecular complexity index is 1750. The molecule has 44 heavy (non-hydrogen) atoms. The lowest BCUT2D eigenvalue weighted by molar-refractivity contribution is -0.134. The third-order valence-electron chi connectivity index (χ3n) is 8.19. The molecule has 0 saturated heterocycles. The number of amides is 2. The van der Waals surface area contributed by atoms with Crippen LogP contribution in [-0.2, 0) is 29.0 Å². The van der Waals surface area contributed by atoms with Crippen molar-refractivity contribution in [1.82, 2.24) is 19.8 Å². The number of hydrogen-bond donors (Lipinski definition) is 1. The standard InChI is InChI=1S/C35H36N4O5/c1-23-19-24(2)39(35(42)37-23)22-33(41)38-17-15-26-20-30-12-13-31(26)34(38)27-5-3-6-29(21-27)43-18-4-16-36-32(40)14-9-25-7-10-28(44-30)11-8-25/h3,5-8,10-13,19-21,34H,4,9,14-18,22H2,1-2H3,(H,36,40). The number of nitrogens with zero attached hydrogens (tertiary/aromatic N) is 3. The fourth-order valence-corrected chi connectivity index (χ4v) is 5.96. The predicted octanol–water partition coefficient (Wildman–Crippen LogP) is 4.66. The van der Waals surface area contributed by atoms with Crippen LogP contribution in [0.2, 0.25) is 0 Å². The summed E-state index contributed by atoms with van der Waals surface area (Å²) in [6, 6.07) is 23.0. The van der Waals surface area contributed by atoms with Gasteiger partial charge < -0.3 is 19.7 Å². The molecule has 0 fully saturated rings. The lowest BCUT2D eigenvalue weighted by Crippen LogP contribution is -2.44. The van der Waals surface area contributed by atoms with E-state index in [4.69, 9.17) is 9.47 Å². The van der Waals surface area contributed by atoms with Gasteiger partial charge in [-0.3, -0.25) is 14.2 Å². The summed E-state index contributed by atoms with van der Waals surface area (Å²) < 4.78 is 13.7. The molecule has 5 aliphatic rings. The Balaban J connectivity index is 1.36. The zero-order valence-corrected chi connectivity index (χ0v) is 25.0. The molecule has 1 aromatic heterocycles. The van der Waals surface area contributed by atoms with Gasteiger partial charge in [0.25, 0.3) is 0 Å². The van der Waals surface area contributed by atoms with E-state index in [-0.39, 0.29) is 24.4 Å². The van der Waals surface area contributed by atoms with Crippen molar-refractivity contribution in [2.24, 2.45) is 0 Å². The lowest BCUT2D eigenvalue weighted by atomic mass is 9.87. The van der Waals surface area contributed by atoms with Gasteiger partial charge in [-0.1, -0.05) is 30.3 Å². The van der Waals surface area contributed by atoms with Crippen LogP contribution in [0.1, 0.15) is 52.5 Å². The Labute approximate surface area is 256 Å². The highest BCUT2D eigenvalue weighted by molar-refractivity contribution is 5.78. The maximum absolute atomic E-state index is 13.9. The minimum Gasteiger partial charge on any atom is -0.494 e. The number of aromatic nitrogens is 2. The molecule has 226 valence electrons. The van der Waals surface area contributed by atoms with Gasteiger partial charge in [0.1, 0.15) is 23.8 Å². The number of carbonyl (C=O) groups excluding carboxylic acids is 2. The summed E-state index contributed by atoms with van der Waals surface area (Å²) in [4.78, 5) is 44.8. The van der Waals surface area contributed by atoms with Gasteiger partial charge in [-0.15, -0.1) is 0 Å². The monoisotopic (exact) mass is 592 g/mol. The van der Waals surface area contributed by atoms with Crippen molar-refractivity contribution in [1.29, 1.82) is 0 Å². The third-order valence-corrected chi connectivity index (χ3v) is 8.19. The van der Waals surface area contributed by atoms with Gasteiger partial charge in [0.05, 0.1) is 12.6 Å². The molecule has 0 aliphatic carbocycles. The SMILES string of the molecule is Cc1cc(C)n(CC(=O)N2CCc3cc4ccc3C2c2cccc(c2)OCCCNC(=O)CCc2ccc(cc2)O4)c(=O)n1. The quantitative estimate of drug-likeness (QED) is 0.363. The molecule has 6 heterocycles. The Hall–Kier alpha value is -4.92. The normalized spacial score (nSPS) is 16.8. The molecule has 9 nitrogen and oxygen atoms in total. The average molecular weight is 593 g/mol. The van der Waals surface area contributed by atoms with Gasteiger partial charge in [0.2, 0.25) is 11.8 Å². The van der Waals surface area contributed by atoms with Crippen LogP contribution < -0.4 is 20.5 Å². The zero-order valence-electron chi connectivity index (χ0n) is 25.0. The van der Waals surface area contributed by atoms with Gasteiger partial charge in [-0.25, -0.2) is 4.79 Å². The molecule has 0 spiro atoms. The molecule has 1 atom stereocenters. The van der Waals surface area contributed by atoms with Crippen molar-refractivity contribution in [3.63, 3.8) is 0 Å². The summed E-state index contributed by atoms with van der Waals surface area (Å²) in [5.74, 6) is 1.96. The number of ether oxygens (including phenoxy) is 2. The Kier molecular flexibility index (Phi) is 8.45. The summed E-state index contributed by atoms with van der Waals surface area (Å²) in [6.45, 7) is 4.94. The van der Waals surface area contributed by atoms with Crippen molar-refractivity contribution >= 4 is 11.8 Å². The highest BCUT2D eigenvalue weighted by atomic mass is 16.5. The van der Waals surface area contributed by atoms with E-state index in [0.717, 1.165) is 22.3 Å².